The van der Waals surface area contributed by atoms with Crippen molar-refractivity contribution in [1.29, 1.82) is 0 Å². The van der Waals surface area contributed by atoms with Gasteiger partial charge in [0.05, 0.1) is 25.5 Å². The monoisotopic (exact) mass is 268 g/mol. The molecule has 1 rings (SSSR count). The molecular weight excluding hydrogens is 240 g/mol. The van der Waals surface area contributed by atoms with Crippen molar-refractivity contribution in [1.82, 2.24) is 20.0 Å². The maximum absolute atomic E-state index is 5.41. The van der Waals surface area contributed by atoms with Gasteiger partial charge >= 0.3 is 0 Å². The van der Waals surface area contributed by atoms with E-state index in [2.05, 4.69) is 47.9 Å². The van der Waals surface area contributed by atoms with Crippen LogP contribution in [0.3, 0.4) is 0 Å². The van der Waals surface area contributed by atoms with Gasteiger partial charge in [-0.1, -0.05) is 6.92 Å². The summed E-state index contributed by atoms with van der Waals surface area (Å²) in [7, 11) is 5.87. The summed E-state index contributed by atoms with van der Waals surface area (Å²) in [6.45, 7) is 7.26. The summed E-state index contributed by atoms with van der Waals surface area (Å²) in [4.78, 5) is 2.17. The summed E-state index contributed by atoms with van der Waals surface area (Å²) in [6, 6.07) is 0.520. The van der Waals surface area contributed by atoms with Gasteiger partial charge in [0, 0.05) is 12.6 Å². The van der Waals surface area contributed by atoms with Crippen LogP contribution in [0.5, 0.6) is 5.75 Å². The van der Waals surface area contributed by atoms with Crippen LogP contribution < -0.4 is 10.1 Å². The number of hydrogen-bond acceptors (Lipinski definition) is 4. The van der Waals surface area contributed by atoms with Crippen LogP contribution in [0.15, 0.2) is 6.20 Å². The molecule has 0 saturated heterocycles. The molecule has 1 atom stereocenters. The molecule has 0 amide bonds. The molecule has 1 unspecified atom stereocenters. The van der Waals surface area contributed by atoms with E-state index in [0.717, 1.165) is 38.2 Å². The van der Waals surface area contributed by atoms with Crippen molar-refractivity contribution >= 4 is 0 Å². The van der Waals surface area contributed by atoms with E-state index in [9.17, 15) is 0 Å². The number of methoxy groups -OCH3 is 1. The highest BCUT2D eigenvalue weighted by atomic mass is 16.5. The Morgan fingerprint density at radius 3 is 2.79 bits per heavy atom. The molecule has 0 bridgehead atoms. The lowest BCUT2D eigenvalue weighted by atomic mass is 10.1. The van der Waals surface area contributed by atoms with E-state index >= 15 is 0 Å². The van der Waals surface area contributed by atoms with Crippen molar-refractivity contribution in [2.45, 2.75) is 39.3 Å². The fourth-order valence-corrected chi connectivity index (χ4v) is 2.11. The standard InChI is InChI=1S/C14H28N4O/c1-6-15-12(2)7-8-13-14(19-5)11-16-18(13)10-9-17(3)4/h11-12,15H,6-10H2,1-5H3. The third-order valence-corrected chi connectivity index (χ3v) is 3.26. The first-order valence-electron chi connectivity index (χ1n) is 7.05. The summed E-state index contributed by atoms with van der Waals surface area (Å²) in [5.41, 5.74) is 1.20. The van der Waals surface area contributed by atoms with Gasteiger partial charge in [-0.25, -0.2) is 0 Å². The largest absolute Gasteiger partial charge is 0.493 e. The second kappa shape index (κ2) is 8.17. The smallest absolute Gasteiger partial charge is 0.159 e. The Morgan fingerprint density at radius 2 is 2.21 bits per heavy atom. The summed E-state index contributed by atoms with van der Waals surface area (Å²) in [5.74, 6) is 0.905. The average molecular weight is 268 g/mol. The third kappa shape index (κ3) is 5.20. The van der Waals surface area contributed by atoms with E-state index in [4.69, 9.17) is 4.74 Å². The molecule has 0 fully saturated rings. The van der Waals surface area contributed by atoms with Crippen molar-refractivity contribution in [3.05, 3.63) is 11.9 Å². The minimum atomic E-state index is 0.520. The second-order valence-corrected chi connectivity index (χ2v) is 5.18. The van der Waals surface area contributed by atoms with Crippen LogP contribution in [0.4, 0.5) is 0 Å². The van der Waals surface area contributed by atoms with Crippen molar-refractivity contribution in [3.63, 3.8) is 0 Å². The first-order chi connectivity index (χ1) is 9.08. The average Bonchev–Trinajstić information content (AvgIpc) is 2.76. The molecule has 1 aromatic rings. The number of nitrogens with zero attached hydrogens (tertiary/aromatic N) is 3. The van der Waals surface area contributed by atoms with E-state index in [1.807, 2.05) is 6.20 Å². The molecule has 0 aliphatic carbocycles. The van der Waals surface area contributed by atoms with E-state index < -0.39 is 0 Å². The molecule has 0 spiro atoms. The number of nitrogens with one attached hydrogen (secondary N) is 1. The quantitative estimate of drug-likeness (QED) is 0.735. The normalized spacial score (nSPS) is 12.9. The van der Waals surface area contributed by atoms with Gasteiger partial charge < -0.3 is 15.0 Å². The van der Waals surface area contributed by atoms with Crippen LogP contribution >= 0.6 is 0 Å². The molecule has 1 aromatic heterocycles. The maximum atomic E-state index is 5.41. The van der Waals surface area contributed by atoms with E-state index in [0.29, 0.717) is 6.04 Å². The van der Waals surface area contributed by atoms with Gasteiger partial charge in [-0.15, -0.1) is 0 Å². The topological polar surface area (TPSA) is 42.3 Å². The highest BCUT2D eigenvalue weighted by molar-refractivity contribution is 5.25. The Labute approximate surface area is 116 Å². The van der Waals surface area contributed by atoms with Gasteiger partial charge in [0.2, 0.25) is 0 Å². The zero-order valence-corrected chi connectivity index (χ0v) is 12.9. The van der Waals surface area contributed by atoms with Gasteiger partial charge in [0.1, 0.15) is 0 Å². The fourth-order valence-electron chi connectivity index (χ4n) is 2.11. The minimum absolute atomic E-state index is 0.520. The van der Waals surface area contributed by atoms with Crippen LogP contribution in [0.25, 0.3) is 0 Å². The minimum Gasteiger partial charge on any atom is -0.493 e. The summed E-state index contributed by atoms with van der Waals surface area (Å²) < 4.78 is 7.47. The molecule has 1 N–H and O–H groups in total. The van der Waals surface area contributed by atoms with Crippen LogP contribution in [-0.2, 0) is 13.0 Å². The van der Waals surface area contributed by atoms with Crippen molar-refractivity contribution in [2.75, 3.05) is 34.3 Å². The molecule has 0 radical (unpaired) electrons. The maximum Gasteiger partial charge on any atom is 0.159 e. The Kier molecular flexibility index (Phi) is 6.87. The predicted octanol–water partition coefficient (Wildman–Crippen LogP) is 1.38. The first-order valence-corrected chi connectivity index (χ1v) is 7.05. The van der Waals surface area contributed by atoms with Crippen LogP contribution in [0.2, 0.25) is 0 Å². The van der Waals surface area contributed by atoms with E-state index in [1.165, 1.54) is 5.69 Å². The Balaban J connectivity index is 2.64. The highest BCUT2D eigenvalue weighted by Gasteiger charge is 2.12. The fraction of sp³-hybridized carbons (Fsp3) is 0.786. The molecule has 0 aliphatic heterocycles. The van der Waals surface area contributed by atoms with Crippen LogP contribution in [0.1, 0.15) is 26.0 Å². The summed E-state index contributed by atoms with van der Waals surface area (Å²) >= 11 is 0. The second-order valence-electron chi connectivity index (χ2n) is 5.18. The molecule has 0 saturated carbocycles. The van der Waals surface area contributed by atoms with Gasteiger partial charge in [-0.2, -0.15) is 5.10 Å². The zero-order chi connectivity index (χ0) is 14.3. The molecule has 0 aromatic carbocycles. The summed E-state index contributed by atoms with van der Waals surface area (Å²) in [5, 5.41) is 7.86. The van der Waals surface area contributed by atoms with Crippen LogP contribution in [-0.4, -0.2) is 55.0 Å². The Hall–Kier alpha value is -1.07. The van der Waals surface area contributed by atoms with Gasteiger partial charge in [0.15, 0.2) is 5.75 Å². The lowest BCUT2D eigenvalue weighted by Crippen LogP contribution is -2.26. The molecule has 5 heteroatoms. The number of likely N-dealkylation sites (N-methyl/N-ethyl adjacent to an activating group) is 1. The number of rotatable bonds is 9. The molecular formula is C14H28N4O. The lowest BCUT2D eigenvalue weighted by Gasteiger charge is -2.15. The van der Waals surface area contributed by atoms with E-state index in [-0.39, 0.29) is 0 Å². The third-order valence-electron chi connectivity index (χ3n) is 3.26. The summed E-state index contributed by atoms with van der Waals surface area (Å²) in [6.07, 6.45) is 3.91. The zero-order valence-electron chi connectivity index (χ0n) is 12.9. The van der Waals surface area contributed by atoms with Crippen molar-refractivity contribution in [2.24, 2.45) is 0 Å². The molecule has 110 valence electrons. The number of aromatic nitrogens is 2. The number of ether oxygens (including phenoxy) is 1. The Morgan fingerprint density at radius 1 is 1.47 bits per heavy atom. The van der Waals surface area contributed by atoms with Gasteiger partial charge in [-0.05, 0) is 40.4 Å². The lowest BCUT2D eigenvalue weighted by molar-refractivity contribution is 0.363. The van der Waals surface area contributed by atoms with Gasteiger partial charge in [-0.3, -0.25) is 4.68 Å². The van der Waals surface area contributed by atoms with Crippen LogP contribution in [0, 0.1) is 0 Å². The van der Waals surface area contributed by atoms with Crippen molar-refractivity contribution in [3.8, 4) is 5.75 Å². The first kappa shape index (κ1) is 16.0. The SMILES string of the molecule is CCNC(C)CCc1c(OC)cnn1CCN(C)C. The molecule has 19 heavy (non-hydrogen) atoms. The highest BCUT2D eigenvalue weighted by Crippen LogP contribution is 2.19. The molecule has 5 nitrogen and oxygen atoms in total. The van der Waals surface area contributed by atoms with E-state index in [1.54, 1.807) is 7.11 Å². The van der Waals surface area contributed by atoms with Gasteiger partial charge in [0.25, 0.3) is 0 Å². The number of hydrogen-bond donors (Lipinski definition) is 1. The predicted molar refractivity (Wildman–Crippen MR) is 78.8 cm³/mol. The van der Waals surface area contributed by atoms with Crippen molar-refractivity contribution < 1.29 is 4.74 Å². The Bertz CT molecular complexity index is 362. The molecule has 0 aliphatic rings. The molecule has 1 heterocycles.